The largest absolute Gasteiger partial charge is 0.459 e. The van der Waals surface area contributed by atoms with Crippen molar-refractivity contribution in [2.24, 2.45) is 0 Å². The minimum atomic E-state index is -0.288. The van der Waals surface area contributed by atoms with Crippen LogP contribution < -0.4 is 4.90 Å². The van der Waals surface area contributed by atoms with E-state index in [2.05, 4.69) is 14.9 Å². The van der Waals surface area contributed by atoms with Crippen molar-refractivity contribution < 1.29 is 14.3 Å². The number of carbonyl (C=O) groups excluding carboxylic acids is 1. The van der Waals surface area contributed by atoms with Crippen molar-refractivity contribution in [3.63, 3.8) is 0 Å². The number of rotatable bonds is 3. The van der Waals surface area contributed by atoms with Crippen LogP contribution >= 0.6 is 11.3 Å². The van der Waals surface area contributed by atoms with Gasteiger partial charge in [-0.3, -0.25) is 0 Å². The number of esters is 1. The summed E-state index contributed by atoms with van der Waals surface area (Å²) in [4.78, 5) is 24.6. The molecule has 0 spiro atoms. The van der Waals surface area contributed by atoms with Gasteiger partial charge >= 0.3 is 5.97 Å². The molecule has 0 amide bonds. The lowest BCUT2D eigenvalue weighted by molar-refractivity contribution is 0.0383. The molecule has 3 rings (SSSR count). The highest BCUT2D eigenvalue weighted by Gasteiger charge is 2.23. The molecule has 0 bridgehead atoms. The maximum atomic E-state index is 12.2. The Morgan fingerprint density at radius 3 is 2.77 bits per heavy atom. The first-order valence-electron chi connectivity index (χ1n) is 7.35. The summed E-state index contributed by atoms with van der Waals surface area (Å²) in [5, 5.41) is 0.949. The Morgan fingerprint density at radius 2 is 2.09 bits per heavy atom. The van der Waals surface area contributed by atoms with Crippen LogP contribution in [0.15, 0.2) is 6.33 Å². The molecule has 6 nitrogen and oxygen atoms in total. The molecule has 0 radical (unpaired) electrons. The van der Waals surface area contributed by atoms with Crippen molar-refractivity contribution in [1.82, 2.24) is 9.97 Å². The number of fused-ring (bicyclic) bond motifs is 1. The molecule has 1 aliphatic heterocycles. The van der Waals surface area contributed by atoms with E-state index in [0.717, 1.165) is 34.7 Å². The number of nitrogens with zero attached hydrogens (tertiary/aromatic N) is 3. The van der Waals surface area contributed by atoms with E-state index in [9.17, 15) is 4.79 Å². The van der Waals surface area contributed by atoms with Crippen molar-refractivity contribution in [2.45, 2.75) is 26.9 Å². The number of anilines is 1. The monoisotopic (exact) mass is 321 g/mol. The summed E-state index contributed by atoms with van der Waals surface area (Å²) in [6.45, 7) is 8.61. The van der Waals surface area contributed by atoms with Crippen LogP contribution in [0.3, 0.4) is 0 Å². The minimum absolute atomic E-state index is 0.137. The fourth-order valence-electron chi connectivity index (χ4n) is 2.53. The van der Waals surface area contributed by atoms with Crippen LogP contribution in [-0.2, 0) is 9.47 Å². The Kier molecular flexibility index (Phi) is 4.26. The van der Waals surface area contributed by atoms with Crippen LogP contribution in [0.1, 0.15) is 29.1 Å². The zero-order valence-electron chi connectivity index (χ0n) is 13.0. The van der Waals surface area contributed by atoms with E-state index < -0.39 is 0 Å². The van der Waals surface area contributed by atoms with Crippen molar-refractivity contribution >= 4 is 33.3 Å². The fourth-order valence-corrected chi connectivity index (χ4v) is 3.56. The fraction of sp³-hybridized carbons (Fsp3) is 0.533. The lowest BCUT2D eigenvalue weighted by Gasteiger charge is -2.28. The first-order chi connectivity index (χ1) is 10.6. The molecule has 3 heterocycles. The van der Waals surface area contributed by atoms with Gasteiger partial charge in [0.15, 0.2) is 0 Å². The predicted octanol–water partition coefficient (Wildman–Crippen LogP) is 2.40. The molecule has 118 valence electrons. The standard InChI is InChI=1S/C15H19N3O3S/c1-9(2)21-15(19)12-10(3)11-13(16-8-17-14(11)22-12)18-4-6-20-7-5-18/h8-9H,4-7H2,1-3H3. The third-order valence-corrected chi connectivity index (χ3v) is 4.73. The normalized spacial score (nSPS) is 15.5. The number of thiophene rings is 1. The summed E-state index contributed by atoms with van der Waals surface area (Å²) in [7, 11) is 0. The van der Waals surface area contributed by atoms with Crippen molar-refractivity contribution in [2.75, 3.05) is 31.2 Å². The van der Waals surface area contributed by atoms with Crippen LogP contribution in [-0.4, -0.2) is 48.3 Å². The first kappa shape index (κ1) is 15.2. The molecule has 0 aliphatic carbocycles. The highest BCUT2D eigenvalue weighted by Crippen LogP contribution is 2.35. The summed E-state index contributed by atoms with van der Waals surface area (Å²) in [5.74, 6) is 0.592. The number of morpholine rings is 1. The number of hydrogen-bond donors (Lipinski definition) is 0. The Bertz CT molecular complexity index is 693. The second-order valence-corrected chi connectivity index (χ2v) is 6.49. The van der Waals surface area contributed by atoms with E-state index in [1.54, 1.807) is 6.33 Å². The molecular formula is C15H19N3O3S. The molecule has 0 saturated carbocycles. The van der Waals surface area contributed by atoms with Crippen LogP contribution in [0.4, 0.5) is 5.82 Å². The summed E-state index contributed by atoms with van der Waals surface area (Å²) >= 11 is 1.37. The molecule has 0 aromatic carbocycles. The van der Waals surface area contributed by atoms with Crippen molar-refractivity contribution in [1.29, 1.82) is 0 Å². The minimum Gasteiger partial charge on any atom is -0.459 e. The second-order valence-electron chi connectivity index (χ2n) is 5.49. The summed E-state index contributed by atoms with van der Waals surface area (Å²) in [5.41, 5.74) is 0.896. The van der Waals surface area contributed by atoms with Gasteiger partial charge in [0.05, 0.1) is 24.7 Å². The van der Waals surface area contributed by atoms with Gasteiger partial charge in [0.25, 0.3) is 0 Å². The lowest BCUT2D eigenvalue weighted by Crippen LogP contribution is -2.36. The molecule has 0 unspecified atom stereocenters. The zero-order valence-corrected chi connectivity index (χ0v) is 13.8. The van der Waals surface area contributed by atoms with Gasteiger partial charge in [0.1, 0.15) is 21.9 Å². The van der Waals surface area contributed by atoms with E-state index in [1.165, 1.54) is 11.3 Å². The number of aryl methyl sites for hydroxylation is 1. The molecule has 1 fully saturated rings. The van der Waals surface area contributed by atoms with Crippen LogP contribution in [0.5, 0.6) is 0 Å². The Balaban J connectivity index is 2.04. The van der Waals surface area contributed by atoms with E-state index >= 15 is 0 Å². The van der Waals surface area contributed by atoms with Gasteiger partial charge in [0.2, 0.25) is 0 Å². The van der Waals surface area contributed by atoms with Gasteiger partial charge in [-0.2, -0.15) is 0 Å². The van der Waals surface area contributed by atoms with E-state index in [0.29, 0.717) is 18.1 Å². The summed E-state index contributed by atoms with van der Waals surface area (Å²) in [6.07, 6.45) is 1.42. The highest BCUT2D eigenvalue weighted by atomic mass is 32.1. The van der Waals surface area contributed by atoms with E-state index in [-0.39, 0.29) is 12.1 Å². The smallest absolute Gasteiger partial charge is 0.348 e. The Hall–Kier alpha value is -1.73. The molecular weight excluding hydrogens is 302 g/mol. The van der Waals surface area contributed by atoms with Crippen LogP contribution in [0.2, 0.25) is 0 Å². The number of aromatic nitrogens is 2. The topological polar surface area (TPSA) is 64.5 Å². The number of carbonyl (C=O) groups is 1. The molecule has 0 atom stereocenters. The van der Waals surface area contributed by atoms with Gasteiger partial charge < -0.3 is 14.4 Å². The highest BCUT2D eigenvalue weighted by molar-refractivity contribution is 7.20. The quantitative estimate of drug-likeness (QED) is 0.809. The predicted molar refractivity (Wildman–Crippen MR) is 85.7 cm³/mol. The number of hydrogen-bond acceptors (Lipinski definition) is 7. The summed E-state index contributed by atoms with van der Waals surface area (Å²) in [6, 6.07) is 0. The van der Waals surface area contributed by atoms with E-state index in [1.807, 2.05) is 20.8 Å². The average Bonchev–Trinajstić information content (AvgIpc) is 2.85. The Morgan fingerprint density at radius 1 is 1.36 bits per heavy atom. The van der Waals surface area contributed by atoms with Crippen molar-refractivity contribution in [3.8, 4) is 0 Å². The van der Waals surface area contributed by atoms with Gasteiger partial charge in [-0.15, -0.1) is 11.3 Å². The van der Waals surface area contributed by atoms with Gasteiger partial charge in [0, 0.05) is 13.1 Å². The molecule has 7 heteroatoms. The van der Waals surface area contributed by atoms with Gasteiger partial charge in [-0.1, -0.05) is 0 Å². The molecule has 1 aliphatic rings. The molecule has 1 saturated heterocycles. The first-order valence-corrected chi connectivity index (χ1v) is 8.17. The maximum absolute atomic E-state index is 12.2. The molecule has 22 heavy (non-hydrogen) atoms. The molecule has 2 aromatic rings. The van der Waals surface area contributed by atoms with Gasteiger partial charge in [-0.05, 0) is 26.3 Å². The lowest BCUT2D eigenvalue weighted by atomic mass is 10.2. The van der Waals surface area contributed by atoms with Crippen LogP contribution in [0, 0.1) is 6.92 Å². The maximum Gasteiger partial charge on any atom is 0.348 e. The third kappa shape index (κ3) is 2.78. The van der Waals surface area contributed by atoms with Gasteiger partial charge in [-0.25, -0.2) is 14.8 Å². The second kappa shape index (κ2) is 6.18. The average molecular weight is 321 g/mol. The SMILES string of the molecule is Cc1c(C(=O)OC(C)C)sc2ncnc(N3CCOCC3)c12. The third-order valence-electron chi connectivity index (χ3n) is 3.55. The van der Waals surface area contributed by atoms with Crippen molar-refractivity contribution in [3.05, 3.63) is 16.8 Å². The molecule has 2 aromatic heterocycles. The van der Waals surface area contributed by atoms with Crippen LogP contribution in [0.25, 0.3) is 10.2 Å². The molecule has 0 N–H and O–H groups in total. The number of ether oxygens (including phenoxy) is 2. The van der Waals surface area contributed by atoms with E-state index in [4.69, 9.17) is 9.47 Å². The summed E-state index contributed by atoms with van der Waals surface area (Å²) < 4.78 is 10.7. The Labute approximate surface area is 133 Å². The zero-order chi connectivity index (χ0) is 15.7.